The van der Waals surface area contributed by atoms with Gasteiger partial charge in [0.25, 0.3) is 0 Å². The van der Waals surface area contributed by atoms with Crippen LogP contribution in [0.25, 0.3) is 11.4 Å². The summed E-state index contributed by atoms with van der Waals surface area (Å²) in [6.45, 7) is 0.960. The van der Waals surface area contributed by atoms with E-state index in [4.69, 9.17) is 14.0 Å². The molecule has 1 aromatic carbocycles. The van der Waals surface area contributed by atoms with Crippen LogP contribution in [0.5, 0.6) is 5.75 Å². The molecule has 3 rings (SSSR count). The third-order valence-electron chi connectivity index (χ3n) is 3.94. The Balaban J connectivity index is 1.50. The van der Waals surface area contributed by atoms with Gasteiger partial charge in [-0.25, -0.2) is 0 Å². The highest BCUT2D eigenvalue weighted by Gasteiger charge is 2.18. The van der Waals surface area contributed by atoms with E-state index in [-0.39, 0.29) is 18.6 Å². The fraction of sp³-hybridized carbons (Fsp3) is 0.471. The van der Waals surface area contributed by atoms with E-state index in [0.29, 0.717) is 18.1 Å². The van der Waals surface area contributed by atoms with Crippen LogP contribution < -0.4 is 10.1 Å². The van der Waals surface area contributed by atoms with Crippen molar-refractivity contribution in [2.75, 3.05) is 13.7 Å². The lowest BCUT2D eigenvalue weighted by molar-refractivity contribution is -0.125. The standard InChI is InChI=1S/C17H21N3O4/c1-22-13-7-5-12(6-8-13)17-19-16(24-20-17)11-18-15(21)10-14-4-2-3-9-23-14/h5-8,14H,2-4,9-11H2,1H3,(H,18,21). The highest BCUT2D eigenvalue weighted by molar-refractivity contribution is 5.76. The number of methoxy groups -OCH3 is 1. The highest BCUT2D eigenvalue weighted by Crippen LogP contribution is 2.20. The Morgan fingerprint density at radius 2 is 2.17 bits per heavy atom. The zero-order chi connectivity index (χ0) is 16.8. The van der Waals surface area contributed by atoms with Gasteiger partial charge in [0.15, 0.2) is 0 Å². The molecule has 2 aromatic rings. The monoisotopic (exact) mass is 331 g/mol. The molecule has 1 aliphatic heterocycles. The Hall–Kier alpha value is -2.41. The van der Waals surface area contributed by atoms with E-state index in [1.54, 1.807) is 7.11 Å². The maximum Gasteiger partial charge on any atom is 0.246 e. The van der Waals surface area contributed by atoms with E-state index < -0.39 is 0 Å². The molecule has 2 heterocycles. The van der Waals surface area contributed by atoms with Crippen molar-refractivity contribution in [2.45, 2.75) is 38.3 Å². The average molecular weight is 331 g/mol. The van der Waals surface area contributed by atoms with Crippen molar-refractivity contribution in [1.82, 2.24) is 15.5 Å². The van der Waals surface area contributed by atoms with Crippen molar-refractivity contribution in [3.05, 3.63) is 30.2 Å². The van der Waals surface area contributed by atoms with Crippen LogP contribution in [-0.4, -0.2) is 35.9 Å². The molecule has 1 aromatic heterocycles. The Bertz CT molecular complexity index is 663. The first-order valence-corrected chi connectivity index (χ1v) is 8.10. The number of nitrogens with zero attached hydrogens (tertiary/aromatic N) is 2. The van der Waals surface area contributed by atoms with E-state index in [2.05, 4.69) is 15.5 Å². The van der Waals surface area contributed by atoms with E-state index in [1.165, 1.54) is 0 Å². The normalized spacial score (nSPS) is 17.5. The summed E-state index contributed by atoms with van der Waals surface area (Å²) in [5, 5.41) is 6.73. The van der Waals surface area contributed by atoms with Gasteiger partial charge >= 0.3 is 0 Å². The van der Waals surface area contributed by atoms with Gasteiger partial charge in [-0.2, -0.15) is 4.98 Å². The van der Waals surface area contributed by atoms with E-state index in [1.807, 2.05) is 24.3 Å². The van der Waals surface area contributed by atoms with Gasteiger partial charge in [-0.15, -0.1) is 0 Å². The smallest absolute Gasteiger partial charge is 0.246 e. The number of carbonyl (C=O) groups excluding carboxylic acids is 1. The zero-order valence-electron chi connectivity index (χ0n) is 13.7. The van der Waals surface area contributed by atoms with Crippen LogP contribution >= 0.6 is 0 Å². The Kier molecular flexibility index (Phi) is 5.43. The Morgan fingerprint density at radius 3 is 2.88 bits per heavy atom. The molecule has 0 radical (unpaired) electrons. The molecule has 1 unspecified atom stereocenters. The number of amides is 1. The molecular weight excluding hydrogens is 310 g/mol. The molecule has 1 amide bonds. The van der Waals surface area contributed by atoms with Crippen molar-refractivity contribution in [1.29, 1.82) is 0 Å². The first-order chi connectivity index (χ1) is 11.7. The van der Waals surface area contributed by atoms with Crippen molar-refractivity contribution >= 4 is 5.91 Å². The van der Waals surface area contributed by atoms with Gasteiger partial charge in [-0.3, -0.25) is 4.79 Å². The molecule has 1 N–H and O–H groups in total. The van der Waals surface area contributed by atoms with Crippen LogP contribution in [0.4, 0.5) is 0 Å². The zero-order valence-corrected chi connectivity index (χ0v) is 13.7. The van der Waals surface area contributed by atoms with Crippen LogP contribution in [0.3, 0.4) is 0 Å². The van der Waals surface area contributed by atoms with Gasteiger partial charge < -0.3 is 19.3 Å². The van der Waals surface area contributed by atoms with Crippen molar-refractivity contribution < 1.29 is 18.8 Å². The van der Waals surface area contributed by atoms with Crippen molar-refractivity contribution in [2.24, 2.45) is 0 Å². The number of carbonyl (C=O) groups is 1. The Morgan fingerprint density at radius 1 is 1.33 bits per heavy atom. The predicted molar refractivity (Wildman–Crippen MR) is 86.3 cm³/mol. The van der Waals surface area contributed by atoms with E-state index >= 15 is 0 Å². The maximum atomic E-state index is 11.9. The molecule has 1 atom stereocenters. The minimum absolute atomic E-state index is 0.0243. The molecular formula is C17H21N3O4. The predicted octanol–water partition coefficient (Wildman–Crippen LogP) is 2.32. The van der Waals surface area contributed by atoms with Crippen LogP contribution in [-0.2, 0) is 16.1 Å². The van der Waals surface area contributed by atoms with Gasteiger partial charge in [0.05, 0.1) is 26.2 Å². The van der Waals surface area contributed by atoms with Gasteiger partial charge in [0.1, 0.15) is 5.75 Å². The first kappa shape index (κ1) is 16.4. The molecule has 24 heavy (non-hydrogen) atoms. The molecule has 1 saturated heterocycles. The minimum atomic E-state index is -0.0638. The minimum Gasteiger partial charge on any atom is -0.497 e. The molecule has 7 nitrogen and oxygen atoms in total. The summed E-state index contributed by atoms with van der Waals surface area (Å²) in [5.41, 5.74) is 0.827. The molecule has 0 saturated carbocycles. The van der Waals surface area contributed by atoms with Crippen LogP contribution in [0.2, 0.25) is 0 Å². The second kappa shape index (κ2) is 7.92. The third-order valence-corrected chi connectivity index (χ3v) is 3.94. The van der Waals surface area contributed by atoms with Crippen LogP contribution in [0, 0.1) is 0 Å². The molecule has 0 spiro atoms. The number of ether oxygens (including phenoxy) is 2. The third kappa shape index (κ3) is 4.32. The summed E-state index contributed by atoms with van der Waals surface area (Å²) in [4.78, 5) is 16.2. The summed E-state index contributed by atoms with van der Waals surface area (Å²) < 4.78 is 15.9. The van der Waals surface area contributed by atoms with Crippen LogP contribution in [0.15, 0.2) is 28.8 Å². The molecule has 0 bridgehead atoms. The number of hydrogen-bond donors (Lipinski definition) is 1. The second-order valence-corrected chi connectivity index (χ2v) is 5.71. The SMILES string of the molecule is COc1ccc(-c2noc(CNC(=O)CC3CCCCO3)n2)cc1. The molecule has 128 valence electrons. The van der Waals surface area contributed by atoms with Crippen LogP contribution in [0.1, 0.15) is 31.6 Å². The maximum absolute atomic E-state index is 11.9. The topological polar surface area (TPSA) is 86.5 Å². The largest absolute Gasteiger partial charge is 0.497 e. The number of rotatable bonds is 6. The molecule has 7 heteroatoms. The van der Waals surface area contributed by atoms with Gasteiger partial charge in [0, 0.05) is 12.2 Å². The number of aromatic nitrogens is 2. The summed E-state index contributed by atoms with van der Waals surface area (Å²) in [7, 11) is 1.61. The number of benzene rings is 1. The summed E-state index contributed by atoms with van der Waals surface area (Å²) in [6.07, 6.45) is 3.53. The lowest BCUT2D eigenvalue weighted by atomic mass is 10.1. The number of hydrogen-bond acceptors (Lipinski definition) is 6. The molecule has 1 aliphatic rings. The summed E-state index contributed by atoms with van der Waals surface area (Å²) in [6, 6.07) is 7.37. The molecule has 1 fully saturated rings. The van der Waals surface area contributed by atoms with Gasteiger partial charge in [0.2, 0.25) is 17.6 Å². The van der Waals surface area contributed by atoms with E-state index in [0.717, 1.165) is 37.2 Å². The van der Waals surface area contributed by atoms with Crippen molar-refractivity contribution in [3.63, 3.8) is 0 Å². The number of nitrogens with one attached hydrogen (secondary N) is 1. The fourth-order valence-electron chi connectivity index (χ4n) is 2.61. The molecule has 0 aliphatic carbocycles. The lowest BCUT2D eigenvalue weighted by Gasteiger charge is -2.21. The fourth-order valence-corrected chi connectivity index (χ4v) is 2.61. The quantitative estimate of drug-likeness (QED) is 0.874. The summed E-state index contributed by atoms with van der Waals surface area (Å²) >= 11 is 0. The highest BCUT2D eigenvalue weighted by atomic mass is 16.5. The van der Waals surface area contributed by atoms with Gasteiger partial charge in [-0.05, 0) is 43.5 Å². The average Bonchev–Trinajstić information content (AvgIpc) is 3.10. The first-order valence-electron chi connectivity index (χ1n) is 8.10. The van der Waals surface area contributed by atoms with Crippen molar-refractivity contribution in [3.8, 4) is 17.1 Å². The van der Waals surface area contributed by atoms with Gasteiger partial charge in [-0.1, -0.05) is 5.16 Å². The lowest BCUT2D eigenvalue weighted by Crippen LogP contribution is -2.30. The second-order valence-electron chi connectivity index (χ2n) is 5.71. The Labute approximate surface area is 140 Å². The summed E-state index contributed by atoms with van der Waals surface area (Å²) in [5.74, 6) is 1.56. The van der Waals surface area contributed by atoms with E-state index in [9.17, 15) is 4.79 Å².